The van der Waals surface area contributed by atoms with Gasteiger partial charge in [0.2, 0.25) is 0 Å². The molecule has 0 spiro atoms. The zero-order chi connectivity index (χ0) is 21.8. The highest BCUT2D eigenvalue weighted by Crippen LogP contribution is 2.40. The molecular weight excluding hydrogens is 434 g/mol. The number of aromatic nitrogens is 1. The maximum absolute atomic E-state index is 13.1. The van der Waals surface area contributed by atoms with E-state index >= 15 is 0 Å². The van der Waals surface area contributed by atoms with E-state index in [0.717, 1.165) is 29.7 Å². The van der Waals surface area contributed by atoms with Gasteiger partial charge in [0.25, 0.3) is 11.8 Å². The van der Waals surface area contributed by atoms with Crippen LogP contribution in [0.1, 0.15) is 34.1 Å². The van der Waals surface area contributed by atoms with Gasteiger partial charge >= 0.3 is 0 Å². The number of rotatable bonds is 6. The Labute approximate surface area is 189 Å². The largest absolute Gasteiger partial charge is 0.484 e. The smallest absolute Gasteiger partial charge is 0.262 e. The van der Waals surface area contributed by atoms with Crippen LogP contribution in [0, 0.1) is 5.92 Å². The minimum atomic E-state index is -0.325. The lowest BCUT2D eigenvalue weighted by Crippen LogP contribution is -2.22. The van der Waals surface area contributed by atoms with Crippen molar-refractivity contribution in [3.05, 3.63) is 69.7 Å². The topological polar surface area (TPSA) is 80.3 Å². The average Bonchev–Trinajstić information content (AvgIpc) is 3.10. The first-order valence-corrected chi connectivity index (χ1v) is 11.2. The molecule has 3 aromatic rings. The average molecular weight is 456 g/mol. The zero-order valence-corrected chi connectivity index (χ0v) is 18.6. The fraction of sp³-hybridized carbons (Fsp3) is 0.261. The first kappa shape index (κ1) is 21.3. The lowest BCUT2D eigenvalue weighted by molar-refractivity contribution is -0.118. The molecule has 2 N–H and O–H groups in total. The van der Waals surface area contributed by atoms with Crippen LogP contribution < -0.4 is 15.4 Å². The van der Waals surface area contributed by atoms with Crippen LogP contribution in [0.25, 0.3) is 0 Å². The third kappa shape index (κ3) is 5.24. The molecular formula is C23H22ClN3O3S. The number of amides is 2. The van der Waals surface area contributed by atoms with Gasteiger partial charge in [-0.25, -0.2) is 4.98 Å². The summed E-state index contributed by atoms with van der Waals surface area (Å²) < 4.78 is 5.53. The Morgan fingerprint density at radius 1 is 1.19 bits per heavy atom. The van der Waals surface area contributed by atoms with Crippen molar-refractivity contribution in [3.8, 4) is 5.75 Å². The summed E-state index contributed by atoms with van der Waals surface area (Å²) in [7, 11) is 0. The van der Waals surface area contributed by atoms with Gasteiger partial charge in [0.05, 0.1) is 5.56 Å². The molecule has 1 aliphatic rings. The third-order valence-electron chi connectivity index (χ3n) is 5.08. The summed E-state index contributed by atoms with van der Waals surface area (Å²) in [6.07, 6.45) is 4.36. The van der Waals surface area contributed by atoms with Crippen LogP contribution in [-0.2, 0) is 17.6 Å². The molecule has 2 aromatic heterocycles. The predicted octanol–water partition coefficient (Wildman–Crippen LogP) is 5.19. The first-order valence-electron chi connectivity index (χ1n) is 10.0. The van der Waals surface area contributed by atoms with Crippen LogP contribution in [0.4, 0.5) is 10.8 Å². The molecule has 0 fully saturated rings. The Balaban J connectivity index is 1.52. The van der Waals surface area contributed by atoms with Gasteiger partial charge in [-0.05, 0) is 67.1 Å². The molecule has 0 unspecified atom stereocenters. The number of halogens is 1. The van der Waals surface area contributed by atoms with Gasteiger partial charge in [-0.15, -0.1) is 11.3 Å². The number of nitrogens with zero attached hydrogens (tertiary/aromatic N) is 1. The highest BCUT2D eigenvalue weighted by Gasteiger charge is 2.28. The number of nitrogens with one attached hydrogen (secondary N) is 2. The van der Waals surface area contributed by atoms with Gasteiger partial charge in [-0.3, -0.25) is 9.59 Å². The van der Waals surface area contributed by atoms with Crippen molar-refractivity contribution in [1.29, 1.82) is 0 Å². The third-order valence-corrected chi connectivity index (χ3v) is 6.50. The van der Waals surface area contributed by atoms with E-state index in [4.69, 9.17) is 16.3 Å². The molecule has 0 aliphatic heterocycles. The Morgan fingerprint density at radius 3 is 2.74 bits per heavy atom. The Morgan fingerprint density at radius 2 is 2.00 bits per heavy atom. The lowest BCUT2D eigenvalue weighted by Gasteiger charge is -2.18. The van der Waals surface area contributed by atoms with Crippen LogP contribution >= 0.6 is 22.9 Å². The minimum absolute atomic E-state index is 0.165. The van der Waals surface area contributed by atoms with E-state index in [0.29, 0.717) is 33.1 Å². The van der Waals surface area contributed by atoms with Crippen molar-refractivity contribution < 1.29 is 14.3 Å². The summed E-state index contributed by atoms with van der Waals surface area (Å²) in [6.45, 7) is 2.04. The number of hydrogen-bond donors (Lipinski definition) is 2. The molecule has 31 heavy (non-hydrogen) atoms. The standard InChI is InChI=1S/C23H22ClN3O3S/c1-14-5-10-17-18(12-14)31-23(21(17)22(29)26-19-4-2-3-11-25-19)27-20(28)13-30-16-8-6-15(24)7-9-16/h2-4,6-9,11,14H,5,10,12-13H2,1H3,(H,27,28)(H,25,26,29)/t14-/m0/s1. The number of ether oxygens (including phenoxy) is 1. The van der Waals surface area contributed by atoms with Crippen LogP contribution in [0.5, 0.6) is 5.75 Å². The van der Waals surface area contributed by atoms with Crippen molar-refractivity contribution in [3.63, 3.8) is 0 Å². The molecule has 6 nitrogen and oxygen atoms in total. The summed E-state index contributed by atoms with van der Waals surface area (Å²) in [4.78, 5) is 31.0. The maximum Gasteiger partial charge on any atom is 0.262 e. The Kier molecular flexibility index (Phi) is 6.53. The summed E-state index contributed by atoms with van der Waals surface area (Å²) >= 11 is 7.34. The van der Waals surface area contributed by atoms with E-state index in [9.17, 15) is 9.59 Å². The molecule has 0 radical (unpaired) electrons. The molecule has 0 saturated heterocycles. The van der Waals surface area contributed by atoms with Gasteiger partial charge in [0.1, 0.15) is 16.6 Å². The van der Waals surface area contributed by atoms with Crippen molar-refractivity contribution in [2.24, 2.45) is 5.92 Å². The van der Waals surface area contributed by atoms with Gasteiger partial charge in [0, 0.05) is 16.1 Å². The number of thiophene rings is 1. The quantitative estimate of drug-likeness (QED) is 0.536. The Hall–Kier alpha value is -2.90. The number of carbonyl (C=O) groups excluding carboxylic acids is 2. The number of pyridine rings is 1. The van der Waals surface area contributed by atoms with E-state index in [1.807, 2.05) is 6.07 Å². The fourth-order valence-corrected chi connectivity index (χ4v) is 5.09. The van der Waals surface area contributed by atoms with Crippen molar-refractivity contribution in [1.82, 2.24) is 4.98 Å². The molecule has 2 amide bonds. The van der Waals surface area contributed by atoms with Crippen LogP contribution in [0.2, 0.25) is 5.02 Å². The highest BCUT2D eigenvalue weighted by molar-refractivity contribution is 7.17. The van der Waals surface area contributed by atoms with Crippen molar-refractivity contribution in [2.45, 2.75) is 26.2 Å². The molecule has 160 valence electrons. The number of benzene rings is 1. The van der Waals surface area contributed by atoms with Gasteiger partial charge in [-0.1, -0.05) is 24.6 Å². The zero-order valence-electron chi connectivity index (χ0n) is 17.0. The normalized spacial score (nSPS) is 15.1. The molecule has 0 bridgehead atoms. The van der Waals surface area contributed by atoms with E-state index in [1.165, 1.54) is 11.3 Å². The van der Waals surface area contributed by atoms with Crippen LogP contribution in [-0.4, -0.2) is 23.4 Å². The van der Waals surface area contributed by atoms with Crippen LogP contribution in [0.15, 0.2) is 48.7 Å². The number of anilines is 2. The summed E-state index contributed by atoms with van der Waals surface area (Å²) in [5.74, 6) is 0.981. The predicted molar refractivity (Wildman–Crippen MR) is 123 cm³/mol. The van der Waals surface area contributed by atoms with Crippen molar-refractivity contribution >= 4 is 45.6 Å². The molecule has 4 rings (SSSR count). The van der Waals surface area contributed by atoms with E-state index in [-0.39, 0.29) is 18.4 Å². The summed E-state index contributed by atoms with van der Waals surface area (Å²) in [5, 5.41) is 6.87. The monoisotopic (exact) mass is 455 g/mol. The van der Waals surface area contributed by atoms with E-state index < -0.39 is 0 Å². The molecule has 0 saturated carbocycles. The number of hydrogen-bond acceptors (Lipinski definition) is 5. The van der Waals surface area contributed by atoms with Crippen LogP contribution in [0.3, 0.4) is 0 Å². The highest BCUT2D eigenvalue weighted by atomic mass is 35.5. The second-order valence-electron chi connectivity index (χ2n) is 7.52. The van der Waals surface area contributed by atoms with E-state index in [2.05, 4.69) is 22.5 Å². The molecule has 1 aromatic carbocycles. The molecule has 1 atom stereocenters. The van der Waals surface area contributed by atoms with Gasteiger partial charge in [-0.2, -0.15) is 0 Å². The molecule has 1 aliphatic carbocycles. The fourth-order valence-electron chi connectivity index (χ4n) is 3.54. The second kappa shape index (κ2) is 9.49. The number of carbonyl (C=O) groups is 2. The minimum Gasteiger partial charge on any atom is -0.484 e. The van der Waals surface area contributed by atoms with Gasteiger partial charge < -0.3 is 15.4 Å². The summed E-state index contributed by atoms with van der Waals surface area (Å²) in [5.41, 5.74) is 1.54. The SMILES string of the molecule is C[C@H]1CCc2c(sc(NC(=O)COc3ccc(Cl)cc3)c2C(=O)Nc2ccccn2)C1. The number of fused-ring (bicyclic) bond motifs is 1. The Bertz CT molecular complexity index is 1080. The van der Waals surface area contributed by atoms with E-state index in [1.54, 1.807) is 42.6 Å². The molecule has 8 heteroatoms. The van der Waals surface area contributed by atoms with Crippen molar-refractivity contribution in [2.75, 3.05) is 17.2 Å². The lowest BCUT2D eigenvalue weighted by atomic mass is 9.88. The van der Waals surface area contributed by atoms with Gasteiger partial charge in [0.15, 0.2) is 6.61 Å². The molecule has 2 heterocycles. The summed E-state index contributed by atoms with van der Waals surface area (Å²) in [6, 6.07) is 12.1. The second-order valence-corrected chi connectivity index (χ2v) is 9.06. The first-order chi connectivity index (χ1) is 15.0. The maximum atomic E-state index is 13.1.